The SMILES string of the molecule is NCC1(O)CCN(c2cccc(Cl)c2Cl)CC1. The Morgan fingerprint density at radius 2 is 1.94 bits per heavy atom. The van der Waals surface area contributed by atoms with Crippen LogP contribution < -0.4 is 10.6 Å². The van der Waals surface area contributed by atoms with E-state index in [-0.39, 0.29) is 0 Å². The fourth-order valence-electron chi connectivity index (χ4n) is 2.10. The first-order valence-corrected chi connectivity index (χ1v) is 6.43. The van der Waals surface area contributed by atoms with Gasteiger partial charge >= 0.3 is 0 Å². The van der Waals surface area contributed by atoms with E-state index in [1.807, 2.05) is 12.1 Å². The van der Waals surface area contributed by atoms with Gasteiger partial charge in [0.15, 0.2) is 0 Å². The molecule has 1 saturated heterocycles. The van der Waals surface area contributed by atoms with Crippen LogP contribution in [0.2, 0.25) is 10.0 Å². The molecule has 1 heterocycles. The van der Waals surface area contributed by atoms with Crippen LogP contribution in [0.1, 0.15) is 12.8 Å². The highest BCUT2D eigenvalue weighted by atomic mass is 35.5. The second-order valence-corrected chi connectivity index (χ2v) is 5.27. The Morgan fingerprint density at radius 1 is 1.29 bits per heavy atom. The third kappa shape index (κ3) is 2.68. The van der Waals surface area contributed by atoms with Crippen LogP contribution in [0, 0.1) is 0 Å². The van der Waals surface area contributed by atoms with Crippen molar-refractivity contribution in [3.8, 4) is 0 Å². The maximum absolute atomic E-state index is 10.1. The largest absolute Gasteiger partial charge is 0.388 e. The van der Waals surface area contributed by atoms with Gasteiger partial charge in [-0.15, -0.1) is 0 Å². The van der Waals surface area contributed by atoms with Crippen LogP contribution >= 0.6 is 23.2 Å². The quantitative estimate of drug-likeness (QED) is 0.870. The molecule has 0 bridgehead atoms. The minimum absolute atomic E-state index is 0.310. The van der Waals surface area contributed by atoms with Gasteiger partial charge in [-0.25, -0.2) is 0 Å². The normalized spacial score (nSPS) is 19.4. The molecule has 0 amide bonds. The Balaban J connectivity index is 2.13. The molecule has 2 rings (SSSR count). The molecule has 1 aromatic carbocycles. The van der Waals surface area contributed by atoms with Gasteiger partial charge in [-0.2, -0.15) is 0 Å². The molecule has 1 aliphatic rings. The third-order valence-corrected chi connectivity index (χ3v) is 4.15. The van der Waals surface area contributed by atoms with Crippen molar-refractivity contribution in [1.29, 1.82) is 0 Å². The number of anilines is 1. The molecule has 1 aliphatic heterocycles. The van der Waals surface area contributed by atoms with E-state index in [4.69, 9.17) is 28.9 Å². The Morgan fingerprint density at radius 3 is 2.53 bits per heavy atom. The summed E-state index contributed by atoms with van der Waals surface area (Å²) < 4.78 is 0. The highest BCUT2D eigenvalue weighted by Crippen LogP contribution is 2.35. The van der Waals surface area contributed by atoms with E-state index in [1.165, 1.54) is 0 Å². The first-order valence-electron chi connectivity index (χ1n) is 5.67. The van der Waals surface area contributed by atoms with Crippen molar-refractivity contribution in [3.63, 3.8) is 0 Å². The van der Waals surface area contributed by atoms with Crippen LogP contribution in [0.5, 0.6) is 0 Å². The van der Waals surface area contributed by atoms with Crippen LogP contribution in [0.25, 0.3) is 0 Å². The number of nitrogens with two attached hydrogens (primary N) is 1. The number of hydrogen-bond donors (Lipinski definition) is 2. The van der Waals surface area contributed by atoms with E-state index in [2.05, 4.69) is 4.90 Å². The standard InChI is InChI=1S/C12H16Cl2N2O/c13-9-2-1-3-10(11(9)14)16-6-4-12(17,8-15)5-7-16/h1-3,17H,4-8,15H2. The van der Waals surface area contributed by atoms with E-state index in [0.717, 1.165) is 18.8 Å². The zero-order valence-electron chi connectivity index (χ0n) is 9.50. The van der Waals surface area contributed by atoms with Crippen LogP contribution in [-0.4, -0.2) is 30.3 Å². The lowest BCUT2D eigenvalue weighted by atomic mass is 9.91. The summed E-state index contributed by atoms with van der Waals surface area (Å²) >= 11 is 12.2. The van der Waals surface area contributed by atoms with Crippen LogP contribution in [0.3, 0.4) is 0 Å². The second kappa shape index (κ2) is 5.02. The second-order valence-electron chi connectivity index (χ2n) is 4.49. The van der Waals surface area contributed by atoms with E-state index in [1.54, 1.807) is 6.07 Å². The van der Waals surface area contributed by atoms with Gasteiger partial charge in [0.25, 0.3) is 0 Å². The highest BCUT2D eigenvalue weighted by molar-refractivity contribution is 6.43. The zero-order chi connectivity index (χ0) is 12.5. The van der Waals surface area contributed by atoms with Gasteiger partial charge in [-0.05, 0) is 25.0 Å². The van der Waals surface area contributed by atoms with Gasteiger partial charge < -0.3 is 15.7 Å². The molecule has 1 fully saturated rings. The average Bonchev–Trinajstić information content (AvgIpc) is 2.34. The maximum atomic E-state index is 10.1. The van der Waals surface area contributed by atoms with Gasteiger partial charge in [0.1, 0.15) is 0 Å². The van der Waals surface area contributed by atoms with Gasteiger partial charge in [-0.1, -0.05) is 29.3 Å². The van der Waals surface area contributed by atoms with Crippen LogP contribution in [0.4, 0.5) is 5.69 Å². The Labute approximate surface area is 111 Å². The van der Waals surface area contributed by atoms with Crippen molar-refractivity contribution in [2.45, 2.75) is 18.4 Å². The van der Waals surface area contributed by atoms with Crippen molar-refractivity contribution in [2.24, 2.45) is 5.73 Å². The van der Waals surface area contributed by atoms with Crippen molar-refractivity contribution in [2.75, 3.05) is 24.5 Å². The van der Waals surface area contributed by atoms with E-state index in [0.29, 0.717) is 29.4 Å². The summed E-state index contributed by atoms with van der Waals surface area (Å²) in [6.07, 6.45) is 1.32. The molecule has 1 aromatic rings. The first-order chi connectivity index (χ1) is 8.06. The molecule has 3 N–H and O–H groups in total. The van der Waals surface area contributed by atoms with Crippen molar-refractivity contribution < 1.29 is 5.11 Å². The smallest absolute Gasteiger partial charge is 0.0825 e. The van der Waals surface area contributed by atoms with Gasteiger partial charge in [0.05, 0.1) is 21.3 Å². The molecule has 5 heteroatoms. The summed E-state index contributed by atoms with van der Waals surface area (Å²) in [5, 5.41) is 11.2. The zero-order valence-corrected chi connectivity index (χ0v) is 11.0. The molecule has 0 aliphatic carbocycles. The summed E-state index contributed by atoms with van der Waals surface area (Å²) in [6.45, 7) is 1.80. The molecule has 0 unspecified atom stereocenters. The van der Waals surface area contributed by atoms with Gasteiger partial charge in [0.2, 0.25) is 0 Å². The molecule has 94 valence electrons. The molecule has 0 aromatic heterocycles. The Kier molecular flexibility index (Phi) is 3.83. The average molecular weight is 275 g/mol. The topological polar surface area (TPSA) is 49.5 Å². The number of piperidine rings is 1. The number of aliphatic hydroxyl groups is 1. The molecule has 0 atom stereocenters. The number of benzene rings is 1. The van der Waals surface area contributed by atoms with E-state index >= 15 is 0 Å². The molecule has 0 saturated carbocycles. The minimum Gasteiger partial charge on any atom is -0.388 e. The molecule has 0 radical (unpaired) electrons. The predicted molar refractivity (Wildman–Crippen MR) is 71.9 cm³/mol. The lowest BCUT2D eigenvalue weighted by Gasteiger charge is -2.39. The van der Waals surface area contributed by atoms with E-state index in [9.17, 15) is 5.11 Å². The maximum Gasteiger partial charge on any atom is 0.0825 e. The van der Waals surface area contributed by atoms with E-state index < -0.39 is 5.60 Å². The lowest BCUT2D eigenvalue weighted by molar-refractivity contribution is 0.0250. The van der Waals surface area contributed by atoms with Crippen molar-refractivity contribution >= 4 is 28.9 Å². The summed E-state index contributed by atoms with van der Waals surface area (Å²) in [6, 6.07) is 5.60. The summed E-state index contributed by atoms with van der Waals surface area (Å²) in [4.78, 5) is 2.14. The number of hydrogen-bond acceptors (Lipinski definition) is 3. The Hall–Kier alpha value is -0.480. The van der Waals surface area contributed by atoms with Crippen LogP contribution in [-0.2, 0) is 0 Å². The monoisotopic (exact) mass is 274 g/mol. The minimum atomic E-state index is -0.721. The lowest BCUT2D eigenvalue weighted by Crippen LogP contribution is -2.48. The molecule has 3 nitrogen and oxygen atoms in total. The summed E-state index contributed by atoms with van der Waals surface area (Å²) in [7, 11) is 0. The summed E-state index contributed by atoms with van der Waals surface area (Å²) in [5.41, 5.74) is 5.77. The fourth-order valence-corrected chi connectivity index (χ4v) is 2.52. The number of halogens is 2. The highest BCUT2D eigenvalue weighted by Gasteiger charge is 2.31. The molecular weight excluding hydrogens is 259 g/mol. The van der Waals surface area contributed by atoms with Gasteiger partial charge in [0, 0.05) is 19.6 Å². The molecule has 0 spiro atoms. The summed E-state index contributed by atoms with van der Waals surface area (Å²) in [5.74, 6) is 0. The molecule has 17 heavy (non-hydrogen) atoms. The van der Waals surface area contributed by atoms with Crippen LogP contribution in [0.15, 0.2) is 18.2 Å². The van der Waals surface area contributed by atoms with Crippen molar-refractivity contribution in [1.82, 2.24) is 0 Å². The number of nitrogens with zero attached hydrogens (tertiary/aromatic N) is 1. The third-order valence-electron chi connectivity index (χ3n) is 3.35. The fraction of sp³-hybridized carbons (Fsp3) is 0.500. The Bertz CT molecular complexity index is 403. The van der Waals surface area contributed by atoms with Gasteiger partial charge in [-0.3, -0.25) is 0 Å². The first kappa shape index (κ1) is 13.0. The number of rotatable bonds is 2. The predicted octanol–water partition coefficient (Wildman–Crippen LogP) is 2.28. The molecular formula is C12H16Cl2N2O. The van der Waals surface area contributed by atoms with Crippen molar-refractivity contribution in [3.05, 3.63) is 28.2 Å².